The molecule has 0 aliphatic rings. The Bertz CT molecular complexity index is 874. The van der Waals surface area contributed by atoms with E-state index in [9.17, 15) is 14.4 Å². The lowest BCUT2D eigenvalue weighted by atomic mass is 10.2. The van der Waals surface area contributed by atoms with Gasteiger partial charge in [-0.05, 0) is 5.53 Å². The number of nitrogens with one attached hydrogen (secondary N) is 1. The zero-order valence-corrected chi connectivity index (χ0v) is 10.4. The molecule has 2 heterocycles. The van der Waals surface area contributed by atoms with Crippen LogP contribution in [0.2, 0.25) is 0 Å². The van der Waals surface area contributed by atoms with Gasteiger partial charge in [-0.1, -0.05) is 5.11 Å². The van der Waals surface area contributed by atoms with Crippen molar-refractivity contribution in [3.8, 4) is 0 Å². The lowest BCUT2D eigenvalue weighted by molar-refractivity contribution is 0.0601. The molecule has 0 unspecified atom stereocenters. The number of aromatic nitrogens is 3. The summed E-state index contributed by atoms with van der Waals surface area (Å²) in [4.78, 5) is 43.4. The van der Waals surface area contributed by atoms with Gasteiger partial charge in [0.05, 0.1) is 23.7 Å². The van der Waals surface area contributed by atoms with Crippen molar-refractivity contribution in [1.29, 1.82) is 0 Å². The molecule has 102 valence electrons. The maximum absolute atomic E-state index is 11.9. The molecule has 10 heteroatoms. The number of hydrogen-bond acceptors (Lipinski definition) is 6. The second-order valence-corrected chi connectivity index (χ2v) is 3.72. The number of hydrogen-bond donors (Lipinski definition) is 1. The number of fused-ring (bicyclic) bond motifs is 1. The molecule has 2 aromatic heterocycles. The first-order valence-corrected chi connectivity index (χ1v) is 5.26. The van der Waals surface area contributed by atoms with Gasteiger partial charge < -0.3 is 4.74 Å². The number of carbonyl (C=O) groups excluding carboxylic acids is 1. The van der Waals surface area contributed by atoms with Crippen molar-refractivity contribution in [1.82, 2.24) is 14.5 Å². The third-order valence-electron chi connectivity index (χ3n) is 2.65. The molecule has 0 aliphatic heterocycles. The van der Waals surface area contributed by atoms with E-state index >= 15 is 0 Å². The van der Waals surface area contributed by atoms with E-state index in [1.54, 1.807) is 0 Å². The van der Waals surface area contributed by atoms with Gasteiger partial charge >= 0.3 is 11.7 Å². The summed E-state index contributed by atoms with van der Waals surface area (Å²) in [5, 5.41) is 3.18. The first-order chi connectivity index (χ1) is 9.51. The molecule has 1 N–H and O–H groups in total. The van der Waals surface area contributed by atoms with Crippen molar-refractivity contribution < 1.29 is 9.53 Å². The van der Waals surface area contributed by atoms with Crippen molar-refractivity contribution in [2.24, 2.45) is 12.2 Å². The minimum absolute atomic E-state index is 0.00574. The van der Waals surface area contributed by atoms with Gasteiger partial charge in [0.1, 0.15) is 5.65 Å². The first kappa shape index (κ1) is 13.3. The van der Waals surface area contributed by atoms with Crippen molar-refractivity contribution in [2.75, 3.05) is 7.11 Å². The van der Waals surface area contributed by atoms with E-state index in [-0.39, 0.29) is 22.3 Å². The highest BCUT2D eigenvalue weighted by Gasteiger charge is 2.19. The average molecular weight is 276 g/mol. The number of nitrogens with zero attached hydrogens (tertiary/aromatic N) is 5. The molecular formula is C10H8N6O4. The summed E-state index contributed by atoms with van der Waals surface area (Å²) in [5.41, 5.74) is 6.70. The normalized spacial score (nSPS) is 10.1. The molecule has 0 saturated carbocycles. The largest absolute Gasteiger partial charge is 0.465 e. The standard InChI is InChI=1S/C10H8N6O4/c1-16-7-5(8(17)13-10(16)19)6(14-15-11)4(3-12-7)9(18)20-2/h3H,1-2H3,(H,13,17,19). The Hall–Kier alpha value is -3.13. The molecule has 20 heavy (non-hydrogen) atoms. The number of aryl methyl sites for hydroxylation is 1. The van der Waals surface area contributed by atoms with Crippen LogP contribution in [-0.4, -0.2) is 27.6 Å². The van der Waals surface area contributed by atoms with E-state index in [0.717, 1.165) is 17.9 Å². The Morgan fingerprint density at radius 2 is 2.25 bits per heavy atom. The molecule has 0 spiro atoms. The zero-order valence-electron chi connectivity index (χ0n) is 10.4. The predicted octanol–water partition coefficient (Wildman–Crippen LogP) is 0.350. The Labute approximate surface area is 110 Å². The second-order valence-electron chi connectivity index (χ2n) is 3.72. The van der Waals surface area contributed by atoms with E-state index in [2.05, 4.69) is 19.7 Å². The Kier molecular flexibility index (Phi) is 3.23. The molecule has 0 saturated heterocycles. The first-order valence-electron chi connectivity index (χ1n) is 5.26. The van der Waals surface area contributed by atoms with Crippen LogP contribution in [0.5, 0.6) is 0 Å². The van der Waals surface area contributed by atoms with Crippen LogP contribution >= 0.6 is 0 Å². The van der Waals surface area contributed by atoms with E-state index in [1.165, 1.54) is 7.05 Å². The summed E-state index contributed by atoms with van der Waals surface area (Å²) in [6.07, 6.45) is 1.08. The highest BCUT2D eigenvalue weighted by Crippen LogP contribution is 2.26. The number of rotatable bonds is 2. The zero-order chi connectivity index (χ0) is 14.9. The molecule has 2 aromatic rings. The van der Waals surface area contributed by atoms with Crippen LogP contribution < -0.4 is 11.2 Å². The van der Waals surface area contributed by atoms with Crippen LogP contribution in [-0.2, 0) is 11.8 Å². The van der Waals surface area contributed by atoms with Gasteiger partial charge in [0.2, 0.25) is 0 Å². The van der Waals surface area contributed by atoms with Gasteiger partial charge in [-0.25, -0.2) is 14.6 Å². The molecule has 0 bridgehead atoms. The Morgan fingerprint density at radius 1 is 1.55 bits per heavy atom. The Morgan fingerprint density at radius 3 is 2.85 bits per heavy atom. The molecule has 10 nitrogen and oxygen atoms in total. The number of carbonyl (C=O) groups is 1. The van der Waals surface area contributed by atoms with Crippen LogP contribution in [0.1, 0.15) is 10.4 Å². The van der Waals surface area contributed by atoms with E-state index < -0.39 is 17.2 Å². The molecule has 0 aromatic carbocycles. The van der Waals surface area contributed by atoms with Crippen molar-refractivity contribution >= 4 is 22.7 Å². The van der Waals surface area contributed by atoms with E-state index in [4.69, 9.17) is 5.53 Å². The molecule has 0 fully saturated rings. The van der Waals surface area contributed by atoms with Gasteiger partial charge in [0, 0.05) is 18.2 Å². The molecule has 0 radical (unpaired) electrons. The van der Waals surface area contributed by atoms with Crippen LogP contribution in [0.25, 0.3) is 21.5 Å². The number of azide groups is 1. The monoisotopic (exact) mass is 276 g/mol. The molecule has 0 amide bonds. The number of pyridine rings is 1. The number of ether oxygens (including phenoxy) is 1. The van der Waals surface area contributed by atoms with Crippen LogP contribution in [0.3, 0.4) is 0 Å². The summed E-state index contributed by atoms with van der Waals surface area (Å²) in [6, 6.07) is 0. The van der Waals surface area contributed by atoms with Gasteiger partial charge in [-0.3, -0.25) is 14.3 Å². The van der Waals surface area contributed by atoms with Gasteiger partial charge in [0.25, 0.3) is 5.56 Å². The average Bonchev–Trinajstić information content (AvgIpc) is 2.44. The summed E-state index contributed by atoms with van der Waals surface area (Å²) < 4.78 is 5.59. The fourth-order valence-electron chi connectivity index (χ4n) is 1.70. The minimum Gasteiger partial charge on any atom is -0.465 e. The summed E-state index contributed by atoms with van der Waals surface area (Å²) in [5.74, 6) is -0.810. The van der Waals surface area contributed by atoms with Crippen molar-refractivity contribution in [3.05, 3.63) is 43.0 Å². The molecule has 2 rings (SSSR count). The summed E-state index contributed by atoms with van der Waals surface area (Å²) >= 11 is 0. The highest BCUT2D eigenvalue weighted by molar-refractivity contribution is 6.02. The fraction of sp³-hybridized carbons (Fsp3) is 0.200. The second kappa shape index (κ2) is 4.86. The third kappa shape index (κ3) is 1.89. The fourth-order valence-corrected chi connectivity index (χ4v) is 1.70. The van der Waals surface area contributed by atoms with Gasteiger partial charge in [-0.15, -0.1) is 0 Å². The van der Waals surface area contributed by atoms with Crippen LogP contribution in [0.15, 0.2) is 20.9 Å². The summed E-state index contributed by atoms with van der Waals surface area (Å²) in [7, 11) is 2.52. The predicted molar refractivity (Wildman–Crippen MR) is 67.8 cm³/mol. The van der Waals surface area contributed by atoms with Crippen molar-refractivity contribution in [3.63, 3.8) is 0 Å². The SMILES string of the molecule is COC(=O)c1cnc2c(c1N=[N+]=[N-])c(=O)[nH]c(=O)n2C. The van der Waals surface area contributed by atoms with Gasteiger partial charge in [0.15, 0.2) is 0 Å². The number of H-pyrrole nitrogens is 1. The number of aromatic amines is 1. The number of methoxy groups -OCH3 is 1. The Balaban J connectivity index is 3.07. The van der Waals surface area contributed by atoms with E-state index in [1.807, 2.05) is 4.98 Å². The molecular weight excluding hydrogens is 268 g/mol. The molecule has 0 atom stereocenters. The minimum atomic E-state index is -0.810. The lowest BCUT2D eigenvalue weighted by Gasteiger charge is -2.08. The third-order valence-corrected chi connectivity index (χ3v) is 2.65. The topological polar surface area (TPSA) is 143 Å². The number of esters is 1. The molecule has 0 aliphatic carbocycles. The lowest BCUT2D eigenvalue weighted by Crippen LogP contribution is -2.29. The van der Waals surface area contributed by atoms with Crippen LogP contribution in [0.4, 0.5) is 5.69 Å². The van der Waals surface area contributed by atoms with Gasteiger partial charge in [-0.2, -0.15) is 0 Å². The maximum atomic E-state index is 11.9. The summed E-state index contributed by atoms with van der Waals surface area (Å²) in [6.45, 7) is 0. The van der Waals surface area contributed by atoms with E-state index in [0.29, 0.717) is 0 Å². The van der Waals surface area contributed by atoms with Crippen molar-refractivity contribution in [2.45, 2.75) is 0 Å². The maximum Gasteiger partial charge on any atom is 0.339 e. The van der Waals surface area contributed by atoms with Crippen LogP contribution in [0, 0.1) is 0 Å². The smallest absolute Gasteiger partial charge is 0.339 e. The highest BCUT2D eigenvalue weighted by atomic mass is 16.5. The quantitative estimate of drug-likeness (QED) is 0.364.